The average Bonchev–Trinajstić information content (AvgIpc) is 3.43. The van der Waals surface area contributed by atoms with Crippen molar-refractivity contribution >= 4 is 23.3 Å². The zero-order valence-corrected chi connectivity index (χ0v) is 18.0. The number of aryl methyl sites for hydroxylation is 2. The first-order valence-electron chi connectivity index (χ1n) is 10.4. The molecule has 0 atom stereocenters. The molecule has 2 aromatic heterocycles. The molecular weight excluding hydrogens is 433 g/mol. The summed E-state index contributed by atoms with van der Waals surface area (Å²) in [4.78, 5) is 9.26. The minimum absolute atomic E-state index is 0.0823. The van der Waals surface area contributed by atoms with Crippen LogP contribution in [-0.2, 0) is 6.54 Å². The van der Waals surface area contributed by atoms with Crippen LogP contribution in [0.1, 0.15) is 12.1 Å². The Hall–Kier alpha value is -3.95. The Labute approximate surface area is 187 Å². The Morgan fingerprint density at radius 3 is 2.64 bits per heavy atom. The van der Waals surface area contributed by atoms with Gasteiger partial charge in [-0.1, -0.05) is 0 Å². The highest BCUT2D eigenvalue weighted by molar-refractivity contribution is 5.72. The molecule has 0 radical (unpaired) electrons. The van der Waals surface area contributed by atoms with Crippen molar-refractivity contribution < 1.29 is 17.9 Å². The Morgan fingerprint density at radius 2 is 1.88 bits per heavy atom. The first kappa shape index (κ1) is 20.9. The molecule has 0 saturated heterocycles. The van der Waals surface area contributed by atoms with Crippen LogP contribution in [0.2, 0.25) is 0 Å². The van der Waals surface area contributed by atoms with E-state index in [1.807, 2.05) is 37.3 Å². The van der Waals surface area contributed by atoms with E-state index in [0.717, 1.165) is 23.0 Å². The Morgan fingerprint density at radius 1 is 1.03 bits per heavy atom. The molecule has 0 saturated carbocycles. The van der Waals surface area contributed by atoms with Gasteiger partial charge in [0.05, 0.1) is 12.8 Å². The first-order valence-corrected chi connectivity index (χ1v) is 10.4. The maximum atomic E-state index is 14.4. The minimum atomic E-state index is -1.51. The van der Waals surface area contributed by atoms with E-state index in [9.17, 15) is 13.2 Å². The molecule has 33 heavy (non-hydrogen) atoms. The normalized spacial score (nSPS) is 13.2. The Balaban J connectivity index is 1.44. The van der Waals surface area contributed by atoms with Gasteiger partial charge in [-0.25, -0.2) is 17.9 Å². The van der Waals surface area contributed by atoms with E-state index in [0.29, 0.717) is 42.8 Å². The van der Waals surface area contributed by atoms with E-state index in [4.69, 9.17) is 4.74 Å². The molecule has 0 aliphatic carbocycles. The second-order valence-electron chi connectivity index (χ2n) is 7.75. The van der Waals surface area contributed by atoms with Gasteiger partial charge in [0.15, 0.2) is 17.5 Å². The average molecular weight is 454 g/mol. The smallest absolute Gasteiger partial charge is 0.248 e. The third kappa shape index (κ3) is 3.77. The van der Waals surface area contributed by atoms with Gasteiger partial charge in [0.25, 0.3) is 0 Å². The summed E-state index contributed by atoms with van der Waals surface area (Å²) in [5.41, 5.74) is 3.52. The fourth-order valence-electron chi connectivity index (χ4n) is 3.95. The second kappa shape index (κ2) is 8.19. The summed E-state index contributed by atoms with van der Waals surface area (Å²) in [6, 6.07) is 11.7. The van der Waals surface area contributed by atoms with Crippen LogP contribution in [0.3, 0.4) is 0 Å². The van der Waals surface area contributed by atoms with E-state index in [1.54, 1.807) is 11.8 Å². The fourth-order valence-corrected chi connectivity index (χ4v) is 3.95. The van der Waals surface area contributed by atoms with Crippen molar-refractivity contribution in [3.05, 3.63) is 65.6 Å². The summed E-state index contributed by atoms with van der Waals surface area (Å²) in [7, 11) is 1.60. The van der Waals surface area contributed by atoms with Gasteiger partial charge in [0, 0.05) is 41.8 Å². The van der Waals surface area contributed by atoms with Crippen molar-refractivity contribution in [2.45, 2.75) is 19.9 Å². The number of aromatic nitrogens is 4. The van der Waals surface area contributed by atoms with Gasteiger partial charge in [0.2, 0.25) is 11.9 Å². The molecule has 0 bridgehead atoms. The number of aromatic amines is 1. The fraction of sp³-hybridized carbons (Fsp3) is 0.217. The number of ether oxygens (including phenoxy) is 1. The molecule has 0 fully saturated rings. The molecule has 5 rings (SSSR count). The van der Waals surface area contributed by atoms with Gasteiger partial charge in [-0.05, 0) is 49.7 Å². The van der Waals surface area contributed by atoms with E-state index in [-0.39, 0.29) is 5.69 Å². The molecule has 2 N–H and O–H groups in total. The van der Waals surface area contributed by atoms with Crippen molar-refractivity contribution in [2.75, 3.05) is 23.9 Å². The third-order valence-electron chi connectivity index (χ3n) is 5.53. The van der Waals surface area contributed by atoms with Crippen LogP contribution in [0.4, 0.5) is 36.4 Å². The molecule has 10 heteroatoms. The molecule has 3 heterocycles. The lowest BCUT2D eigenvalue weighted by atomic mass is 10.1. The molecule has 7 nitrogen and oxygen atoms in total. The number of methoxy groups -OCH3 is 1. The van der Waals surface area contributed by atoms with Gasteiger partial charge in [-0.3, -0.25) is 0 Å². The zero-order chi connectivity index (χ0) is 23.1. The largest absolute Gasteiger partial charge is 0.496 e. The molecule has 0 amide bonds. The van der Waals surface area contributed by atoms with Crippen molar-refractivity contribution in [1.82, 2.24) is 19.7 Å². The monoisotopic (exact) mass is 454 g/mol. The van der Waals surface area contributed by atoms with Crippen molar-refractivity contribution in [3.8, 4) is 17.0 Å². The summed E-state index contributed by atoms with van der Waals surface area (Å²) in [5.74, 6) is -2.68. The Kier molecular flexibility index (Phi) is 5.20. The number of rotatable bonds is 5. The number of anilines is 4. The predicted octanol–water partition coefficient (Wildman–Crippen LogP) is 5.29. The van der Waals surface area contributed by atoms with Gasteiger partial charge in [-0.15, -0.1) is 5.10 Å². The van der Waals surface area contributed by atoms with Crippen molar-refractivity contribution in [2.24, 2.45) is 0 Å². The van der Waals surface area contributed by atoms with E-state index in [2.05, 4.69) is 20.4 Å². The van der Waals surface area contributed by atoms with Crippen LogP contribution in [0.15, 0.2) is 42.5 Å². The molecule has 170 valence electrons. The van der Waals surface area contributed by atoms with Crippen molar-refractivity contribution in [3.63, 3.8) is 0 Å². The maximum absolute atomic E-state index is 14.4. The van der Waals surface area contributed by atoms with Crippen LogP contribution in [0.25, 0.3) is 11.3 Å². The highest BCUT2D eigenvalue weighted by Gasteiger charge is 2.27. The number of benzene rings is 2. The molecule has 4 aromatic rings. The number of fused-ring (bicyclic) bond motifs is 1. The van der Waals surface area contributed by atoms with E-state index in [1.165, 1.54) is 11.0 Å². The maximum Gasteiger partial charge on any atom is 0.248 e. The molecule has 1 aliphatic heterocycles. The highest BCUT2D eigenvalue weighted by Crippen LogP contribution is 2.35. The zero-order valence-electron chi connectivity index (χ0n) is 18.0. The lowest BCUT2D eigenvalue weighted by Crippen LogP contribution is -2.29. The quantitative estimate of drug-likeness (QED) is 0.401. The molecule has 0 unspecified atom stereocenters. The number of halogens is 3. The molecule has 0 spiro atoms. The number of hydrogen-bond acceptors (Lipinski definition) is 5. The summed E-state index contributed by atoms with van der Waals surface area (Å²) < 4.78 is 48.8. The second-order valence-corrected chi connectivity index (χ2v) is 7.75. The topological polar surface area (TPSA) is 71.0 Å². The van der Waals surface area contributed by atoms with Gasteiger partial charge < -0.3 is 19.9 Å². The Bertz CT molecular complexity index is 1330. The van der Waals surface area contributed by atoms with E-state index < -0.39 is 17.5 Å². The summed E-state index contributed by atoms with van der Waals surface area (Å²) in [6.45, 7) is 2.95. The van der Waals surface area contributed by atoms with Crippen LogP contribution in [-0.4, -0.2) is 33.4 Å². The van der Waals surface area contributed by atoms with Crippen LogP contribution in [0.5, 0.6) is 5.75 Å². The summed E-state index contributed by atoms with van der Waals surface area (Å²) >= 11 is 0. The first-order chi connectivity index (χ1) is 15.9. The summed E-state index contributed by atoms with van der Waals surface area (Å²) in [6.07, 6.45) is 0.645. The van der Waals surface area contributed by atoms with Crippen LogP contribution >= 0.6 is 0 Å². The van der Waals surface area contributed by atoms with Crippen molar-refractivity contribution in [1.29, 1.82) is 0 Å². The van der Waals surface area contributed by atoms with Crippen LogP contribution < -0.4 is 15.0 Å². The lowest BCUT2D eigenvalue weighted by Gasteiger charge is -2.28. The van der Waals surface area contributed by atoms with Gasteiger partial charge >= 0.3 is 0 Å². The predicted molar refractivity (Wildman–Crippen MR) is 119 cm³/mol. The molecule has 1 aliphatic rings. The highest BCUT2D eigenvalue weighted by atomic mass is 19.2. The minimum Gasteiger partial charge on any atom is -0.496 e. The number of nitrogens with one attached hydrogen (secondary N) is 2. The third-order valence-corrected chi connectivity index (χ3v) is 5.53. The van der Waals surface area contributed by atoms with Gasteiger partial charge in [-0.2, -0.15) is 4.98 Å². The lowest BCUT2D eigenvalue weighted by molar-refractivity contribution is 0.416. The number of H-pyrrole nitrogens is 1. The SMILES string of the molecule is COc1cc(Nc2nc3n(n2)CCCN3c2ccc(F)c(F)c2F)ccc1-c1ccc(C)[nH]1. The summed E-state index contributed by atoms with van der Waals surface area (Å²) in [5, 5.41) is 7.59. The van der Waals surface area contributed by atoms with Gasteiger partial charge in [0.1, 0.15) is 5.75 Å². The van der Waals surface area contributed by atoms with E-state index >= 15 is 0 Å². The molecule has 2 aromatic carbocycles. The number of hydrogen-bond donors (Lipinski definition) is 2. The standard InChI is InChI=1S/C23H21F3N6O/c1-13-4-8-17(27-13)15-6-5-14(12-19(15)33-2)28-22-29-23-31(10-3-11-32(23)30-22)18-9-7-16(24)20(25)21(18)26/h4-9,12,27H,3,10-11H2,1-2H3,(H,28,30). The van der Waals surface area contributed by atoms with Crippen LogP contribution in [0, 0.1) is 24.4 Å². The number of nitrogens with zero attached hydrogens (tertiary/aromatic N) is 4. The molecular formula is C23H21F3N6O.